The third kappa shape index (κ3) is 2.98. The van der Waals surface area contributed by atoms with Gasteiger partial charge in [0.05, 0.1) is 0 Å². The first-order valence-corrected chi connectivity index (χ1v) is 6.13. The number of aryl methyl sites for hydroxylation is 1. The van der Waals surface area contributed by atoms with Gasteiger partial charge in [0.1, 0.15) is 0 Å². The van der Waals surface area contributed by atoms with Gasteiger partial charge < -0.3 is 14.4 Å². The molecule has 1 amide bonds. The van der Waals surface area contributed by atoms with E-state index in [2.05, 4.69) is 4.99 Å². The highest BCUT2D eigenvalue weighted by atomic mass is 32.1. The monoisotopic (exact) mass is 264 g/mol. The molecule has 0 bridgehead atoms. The Bertz CT molecular complexity index is 616. The van der Waals surface area contributed by atoms with E-state index in [4.69, 9.17) is 4.74 Å². The number of phenols is 1. The second-order valence-corrected chi connectivity index (χ2v) is 4.43. The minimum Gasteiger partial charge on any atom is -0.504 e. The van der Waals surface area contributed by atoms with Crippen LogP contribution in [-0.2, 0) is 11.8 Å². The number of amides is 1. The number of hydrogen-bond acceptors (Lipinski definition) is 4. The second kappa shape index (κ2) is 5.50. The molecule has 94 valence electrons. The Kier molecular flexibility index (Phi) is 3.78. The molecule has 0 atom stereocenters. The first-order valence-electron chi connectivity index (χ1n) is 5.25. The van der Waals surface area contributed by atoms with Crippen molar-refractivity contribution >= 4 is 17.2 Å². The van der Waals surface area contributed by atoms with Gasteiger partial charge in [-0.3, -0.25) is 4.79 Å². The molecular weight excluding hydrogens is 252 g/mol. The van der Waals surface area contributed by atoms with E-state index in [-0.39, 0.29) is 18.1 Å². The number of carbonyl (C=O) groups is 1. The standard InChI is InChI=1S/C12H12N2O3S/c1-14-6-7-18-12(14)13-11(16)8-17-10-5-3-2-4-9(10)15/h2-7,15H,8H2,1H3. The van der Waals surface area contributed by atoms with E-state index in [1.165, 1.54) is 17.4 Å². The summed E-state index contributed by atoms with van der Waals surface area (Å²) in [4.78, 5) is 16.1. The normalized spacial score (nSPS) is 11.5. The summed E-state index contributed by atoms with van der Waals surface area (Å²) < 4.78 is 6.94. The lowest BCUT2D eigenvalue weighted by Gasteiger charge is -2.04. The molecule has 2 aromatic rings. The highest BCUT2D eigenvalue weighted by Gasteiger charge is 2.04. The maximum Gasteiger partial charge on any atom is 0.286 e. The highest BCUT2D eigenvalue weighted by Crippen LogP contribution is 2.23. The molecule has 0 spiro atoms. The number of aromatic nitrogens is 1. The first-order chi connectivity index (χ1) is 8.66. The van der Waals surface area contributed by atoms with E-state index >= 15 is 0 Å². The molecule has 1 heterocycles. The van der Waals surface area contributed by atoms with E-state index in [1.54, 1.807) is 22.8 Å². The quantitative estimate of drug-likeness (QED) is 0.908. The van der Waals surface area contributed by atoms with Crippen molar-refractivity contribution in [2.24, 2.45) is 12.0 Å². The van der Waals surface area contributed by atoms with E-state index < -0.39 is 5.91 Å². The molecule has 1 aromatic carbocycles. The van der Waals surface area contributed by atoms with Crippen LogP contribution in [-0.4, -0.2) is 22.2 Å². The lowest BCUT2D eigenvalue weighted by Crippen LogP contribution is -2.16. The van der Waals surface area contributed by atoms with Gasteiger partial charge in [0.25, 0.3) is 5.91 Å². The third-order valence-corrected chi connectivity index (χ3v) is 3.04. The zero-order chi connectivity index (χ0) is 13.0. The predicted octanol–water partition coefficient (Wildman–Crippen LogP) is 1.30. The highest BCUT2D eigenvalue weighted by molar-refractivity contribution is 7.07. The lowest BCUT2D eigenvalue weighted by molar-refractivity contribution is -0.120. The molecular formula is C12H12N2O3S. The number of aromatic hydroxyl groups is 1. The van der Waals surface area contributed by atoms with Crippen molar-refractivity contribution in [3.8, 4) is 11.5 Å². The molecule has 0 radical (unpaired) electrons. The number of hydrogen-bond donors (Lipinski definition) is 1. The fourth-order valence-corrected chi connectivity index (χ4v) is 2.04. The van der Waals surface area contributed by atoms with Gasteiger partial charge in [0.15, 0.2) is 22.9 Å². The summed E-state index contributed by atoms with van der Waals surface area (Å²) in [6.07, 6.45) is 1.82. The van der Waals surface area contributed by atoms with Crippen LogP contribution < -0.4 is 9.54 Å². The Morgan fingerprint density at radius 2 is 2.28 bits per heavy atom. The molecule has 1 N–H and O–H groups in total. The number of ether oxygens (including phenoxy) is 1. The molecule has 6 heteroatoms. The van der Waals surface area contributed by atoms with Gasteiger partial charge in [0, 0.05) is 18.6 Å². The molecule has 0 saturated heterocycles. The summed E-state index contributed by atoms with van der Waals surface area (Å²) in [5.41, 5.74) is 0. The Morgan fingerprint density at radius 1 is 1.50 bits per heavy atom. The van der Waals surface area contributed by atoms with Crippen molar-refractivity contribution in [2.45, 2.75) is 0 Å². The number of nitrogens with zero attached hydrogens (tertiary/aromatic N) is 2. The van der Waals surface area contributed by atoms with Crippen molar-refractivity contribution in [3.63, 3.8) is 0 Å². The summed E-state index contributed by atoms with van der Waals surface area (Å²) >= 11 is 1.37. The summed E-state index contributed by atoms with van der Waals surface area (Å²) in [6, 6.07) is 6.49. The van der Waals surface area contributed by atoms with E-state index in [0.29, 0.717) is 4.80 Å². The van der Waals surface area contributed by atoms with Gasteiger partial charge in [-0.2, -0.15) is 4.99 Å². The minimum atomic E-state index is -0.392. The van der Waals surface area contributed by atoms with Gasteiger partial charge >= 0.3 is 0 Å². The number of para-hydroxylation sites is 2. The molecule has 1 aromatic heterocycles. The Balaban J connectivity index is 2.02. The number of benzene rings is 1. The van der Waals surface area contributed by atoms with Crippen LogP contribution >= 0.6 is 11.3 Å². The van der Waals surface area contributed by atoms with Crippen LogP contribution in [0.2, 0.25) is 0 Å². The third-order valence-electron chi connectivity index (χ3n) is 2.20. The SMILES string of the molecule is Cn1ccsc1=NC(=O)COc1ccccc1O. The summed E-state index contributed by atoms with van der Waals surface area (Å²) in [5, 5.41) is 11.3. The predicted molar refractivity (Wildman–Crippen MR) is 67.5 cm³/mol. The summed E-state index contributed by atoms with van der Waals surface area (Å²) in [5.74, 6) is -0.111. The average molecular weight is 264 g/mol. The van der Waals surface area contributed by atoms with Gasteiger partial charge in [0.2, 0.25) is 0 Å². The number of thiazole rings is 1. The molecule has 5 nitrogen and oxygen atoms in total. The van der Waals surface area contributed by atoms with Crippen molar-refractivity contribution in [1.82, 2.24) is 4.57 Å². The Morgan fingerprint density at radius 3 is 2.94 bits per heavy atom. The summed E-state index contributed by atoms with van der Waals surface area (Å²) in [7, 11) is 1.81. The van der Waals surface area contributed by atoms with Crippen LogP contribution in [0.4, 0.5) is 0 Å². The number of carbonyl (C=O) groups excluding carboxylic acids is 1. The van der Waals surface area contributed by atoms with Crippen LogP contribution in [0.25, 0.3) is 0 Å². The molecule has 18 heavy (non-hydrogen) atoms. The maximum atomic E-state index is 11.6. The lowest BCUT2D eigenvalue weighted by atomic mass is 10.3. The van der Waals surface area contributed by atoms with E-state index in [0.717, 1.165) is 0 Å². The molecule has 0 fully saturated rings. The largest absolute Gasteiger partial charge is 0.504 e. The average Bonchev–Trinajstić information content (AvgIpc) is 2.74. The van der Waals surface area contributed by atoms with Crippen molar-refractivity contribution in [3.05, 3.63) is 40.6 Å². The van der Waals surface area contributed by atoms with E-state index in [1.807, 2.05) is 18.6 Å². The zero-order valence-electron chi connectivity index (χ0n) is 9.74. The van der Waals surface area contributed by atoms with E-state index in [9.17, 15) is 9.90 Å². The number of phenolic OH excluding ortho intramolecular Hbond substituents is 1. The van der Waals surface area contributed by atoms with Gasteiger partial charge in [-0.25, -0.2) is 0 Å². The van der Waals surface area contributed by atoms with Crippen molar-refractivity contribution < 1.29 is 14.6 Å². The van der Waals surface area contributed by atoms with Crippen molar-refractivity contribution in [1.29, 1.82) is 0 Å². The molecule has 0 aliphatic carbocycles. The van der Waals surface area contributed by atoms with Crippen LogP contribution in [0, 0.1) is 0 Å². The molecule has 0 aliphatic heterocycles. The Hall–Kier alpha value is -2.08. The van der Waals surface area contributed by atoms with Crippen molar-refractivity contribution in [2.75, 3.05) is 6.61 Å². The van der Waals surface area contributed by atoms with Crippen LogP contribution in [0.5, 0.6) is 11.5 Å². The van der Waals surface area contributed by atoms with Gasteiger partial charge in [-0.1, -0.05) is 12.1 Å². The smallest absolute Gasteiger partial charge is 0.286 e. The fraction of sp³-hybridized carbons (Fsp3) is 0.167. The maximum absolute atomic E-state index is 11.6. The second-order valence-electron chi connectivity index (χ2n) is 3.56. The van der Waals surface area contributed by atoms with Crippen LogP contribution in [0.15, 0.2) is 40.8 Å². The Labute approximate surface area is 108 Å². The first kappa shape index (κ1) is 12.4. The molecule has 0 unspecified atom stereocenters. The van der Waals surface area contributed by atoms with Gasteiger partial charge in [-0.05, 0) is 12.1 Å². The minimum absolute atomic E-state index is 0.00646. The molecule has 2 rings (SSSR count). The van der Waals surface area contributed by atoms with Gasteiger partial charge in [-0.15, -0.1) is 11.3 Å². The fourth-order valence-electron chi connectivity index (χ4n) is 1.29. The molecule has 0 saturated carbocycles. The topological polar surface area (TPSA) is 63.8 Å². The molecule has 0 aliphatic rings. The zero-order valence-corrected chi connectivity index (χ0v) is 10.6. The summed E-state index contributed by atoms with van der Waals surface area (Å²) in [6.45, 7) is -0.199. The van der Waals surface area contributed by atoms with Crippen LogP contribution in [0.1, 0.15) is 0 Å². The van der Waals surface area contributed by atoms with Crippen LogP contribution in [0.3, 0.4) is 0 Å². The number of rotatable bonds is 3.